The normalized spacial score (nSPS) is 20.3. The highest BCUT2D eigenvalue weighted by Gasteiger charge is 2.55. The summed E-state index contributed by atoms with van der Waals surface area (Å²) in [5, 5.41) is 11.5. The largest absolute Gasteiger partial charge is 0.497 e. The summed E-state index contributed by atoms with van der Waals surface area (Å²) in [4.78, 5) is 24.9. The average Bonchev–Trinajstić information content (AvgIpc) is 3.65. The average molecular weight is 634 g/mol. The van der Waals surface area contributed by atoms with E-state index < -0.39 is 0 Å². The molecule has 47 heavy (non-hydrogen) atoms. The lowest BCUT2D eigenvalue weighted by Gasteiger charge is -2.21. The Morgan fingerprint density at radius 3 is 2.55 bits per heavy atom. The van der Waals surface area contributed by atoms with E-state index in [4.69, 9.17) is 24.0 Å². The van der Waals surface area contributed by atoms with Crippen LogP contribution >= 0.6 is 0 Å². The van der Waals surface area contributed by atoms with Gasteiger partial charge in [-0.15, -0.1) is 5.10 Å². The predicted octanol–water partition coefficient (Wildman–Crippen LogP) is 4.60. The molecular weight excluding hydrogens is 598 g/mol. The van der Waals surface area contributed by atoms with E-state index in [2.05, 4.69) is 25.5 Å². The Morgan fingerprint density at radius 2 is 1.81 bits per heavy atom. The first kappa shape index (κ1) is 29.4. The number of carbonyl (C=O) groups excluding carboxylic acids is 1. The summed E-state index contributed by atoms with van der Waals surface area (Å²) in [5.74, 6) is 1.94. The third-order valence-corrected chi connectivity index (χ3v) is 9.03. The van der Waals surface area contributed by atoms with Gasteiger partial charge in [0.15, 0.2) is 23.4 Å². The number of imidazole rings is 1. The molecule has 0 bridgehead atoms. The number of nitrogens with zero attached hydrogens (tertiary/aromatic N) is 5. The van der Waals surface area contributed by atoms with Gasteiger partial charge in [-0.2, -0.15) is 0 Å². The van der Waals surface area contributed by atoms with Gasteiger partial charge in [-0.25, -0.2) is 9.50 Å². The lowest BCUT2D eigenvalue weighted by molar-refractivity contribution is -0.0443. The molecule has 2 aliphatic heterocycles. The maximum atomic E-state index is 13.5. The van der Waals surface area contributed by atoms with Crippen LogP contribution in [-0.4, -0.2) is 72.1 Å². The number of aromatic nitrogens is 4. The number of methoxy groups -OCH3 is 1. The number of fused-ring (bicyclic) bond motifs is 2. The van der Waals surface area contributed by atoms with Crippen LogP contribution in [0.15, 0.2) is 79.1 Å². The molecule has 5 aromatic rings. The molecule has 1 aliphatic carbocycles. The fourth-order valence-electron chi connectivity index (χ4n) is 6.39. The number of anilines is 3. The van der Waals surface area contributed by atoms with Gasteiger partial charge < -0.3 is 34.5 Å². The van der Waals surface area contributed by atoms with E-state index in [9.17, 15) is 4.79 Å². The molecule has 1 amide bonds. The summed E-state index contributed by atoms with van der Waals surface area (Å²) in [6, 6.07) is 22.0. The smallest absolute Gasteiger partial charge is 0.271 e. The summed E-state index contributed by atoms with van der Waals surface area (Å²) >= 11 is 0. The van der Waals surface area contributed by atoms with Crippen molar-refractivity contribution in [3.8, 4) is 17.0 Å². The van der Waals surface area contributed by atoms with Gasteiger partial charge >= 0.3 is 0 Å². The van der Waals surface area contributed by atoms with Crippen molar-refractivity contribution in [2.24, 2.45) is 11.8 Å². The Morgan fingerprint density at radius 1 is 1.00 bits per heavy atom. The second-order valence-corrected chi connectivity index (χ2v) is 12.1. The minimum atomic E-state index is -0.365. The number of hydrogen-bond donors (Lipinski definition) is 2. The quantitative estimate of drug-likeness (QED) is 0.226. The number of rotatable bonds is 10. The Kier molecular flexibility index (Phi) is 7.68. The minimum Gasteiger partial charge on any atom is -0.497 e. The van der Waals surface area contributed by atoms with Gasteiger partial charge in [0.1, 0.15) is 5.75 Å². The Bertz CT molecular complexity index is 1900. The van der Waals surface area contributed by atoms with Crippen LogP contribution in [0, 0.1) is 11.8 Å². The third-order valence-electron chi connectivity index (χ3n) is 9.03. The SMILES string of the molecule is COc1ccc(CN(C)c2cc(Nc3cccc(-c4ccc(C5OCCO5)cn4)c3)nn3c(C(=O)NC4[C@H]5COC[C@@H]45)cnc23)cc1. The van der Waals surface area contributed by atoms with Crippen LogP contribution in [0.2, 0.25) is 0 Å². The van der Waals surface area contributed by atoms with Crippen LogP contribution in [0.4, 0.5) is 17.2 Å². The van der Waals surface area contributed by atoms with E-state index in [0.29, 0.717) is 62.0 Å². The van der Waals surface area contributed by atoms with Crippen molar-refractivity contribution in [3.05, 3.63) is 95.9 Å². The van der Waals surface area contributed by atoms with Gasteiger partial charge in [-0.1, -0.05) is 30.3 Å². The molecule has 5 heterocycles. The second-order valence-electron chi connectivity index (χ2n) is 12.1. The summed E-state index contributed by atoms with van der Waals surface area (Å²) in [6.07, 6.45) is 3.02. The summed E-state index contributed by atoms with van der Waals surface area (Å²) < 4.78 is 23.7. The van der Waals surface area contributed by atoms with Crippen molar-refractivity contribution in [1.82, 2.24) is 24.9 Å². The number of hydrogen-bond acceptors (Lipinski definition) is 10. The summed E-state index contributed by atoms with van der Waals surface area (Å²) in [5.41, 5.74) is 6.36. The maximum absolute atomic E-state index is 13.5. The first-order valence-corrected chi connectivity index (χ1v) is 15.7. The van der Waals surface area contributed by atoms with Gasteiger partial charge in [0.25, 0.3) is 5.91 Å². The van der Waals surface area contributed by atoms with Gasteiger partial charge in [0.2, 0.25) is 0 Å². The van der Waals surface area contributed by atoms with Crippen LogP contribution in [0.25, 0.3) is 16.9 Å². The Labute approximate surface area is 271 Å². The minimum absolute atomic E-state index is 0.129. The Balaban J connectivity index is 1.09. The van der Waals surface area contributed by atoms with Crippen molar-refractivity contribution < 1.29 is 23.7 Å². The van der Waals surface area contributed by atoms with Gasteiger partial charge in [0, 0.05) is 60.5 Å². The van der Waals surface area contributed by atoms with Gasteiger partial charge in [-0.3, -0.25) is 9.78 Å². The van der Waals surface area contributed by atoms with Crippen LogP contribution in [-0.2, 0) is 20.8 Å². The van der Waals surface area contributed by atoms with E-state index >= 15 is 0 Å². The first-order chi connectivity index (χ1) is 23.0. The van der Waals surface area contributed by atoms with Gasteiger partial charge in [0.05, 0.1) is 51.1 Å². The fourth-order valence-corrected chi connectivity index (χ4v) is 6.39. The third kappa shape index (κ3) is 5.86. The molecule has 12 heteroatoms. The molecule has 3 fully saturated rings. The molecule has 2 N–H and O–H groups in total. The summed E-state index contributed by atoms with van der Waals surface area (Å²) in [6.45, 7) is 3.16. The van der Waals surface area contributed by atoms with Crippen LogP contribution < -0.4 is 20.3 Å². The van der Waals surface area contributed by atoms with Gasteiger partial charge in [-0.05, 0) is 35.9 Å². The van der Waals surface area contributed by atoms with E-state index in [1.807, 2.05) is 73.8 Å². The molecule has 0 radical (unpaired) electrons. The first-order valence-electron chi connectivity index (χ1n) is 15.7. The van der Waals surface area contributed by atoms with Crippen LogP contribution in [0.5, 0.6) is 5.75 Å². The zero-order valence-corrected chi connectivity index (χ0v) is 26.1. The molecule has 1 saturated carbocycles. The number of pyridine rings is 1. The highest BCUT2D eigenvalue weighted by atomic mass is 16.7. The van der Waals surface area contributed by atoms with Crippen LogP contribution in [0.1, 0.15) is 27.9 Å². The van der Waals surface area contributed by atoms with Crippen molar-refractivity contribution in [1.29, 1.82) is 0 Å². The monoisotopic (exact) mass is 633 g/mol. The molecule has 12 nitrogen and oxygen atoms in total. The molecule has 240 valence electrons. The standard InChI is InChI=1S/C35H35N7O5/c1-41(18-21-6-9-25(44-2)10-7-21)29-15-31(40-42-30(17-37-33(29)42)34(43)39-32-26-19-45-20-27(26)32)38-24-5-3-4-22(14-24)28-11-8-23(16-36-28)35-46-12-13-47-35/h3-11,14-17,26-27,32,35H,12-13,18-20H2,1-2H3,(H,38,40)(H,39,43)/t26-,27+,32?. The topological polar surface area (TPSA) is 124 Å². The fraction of sp³-hybridized carbons (Fsp3) is 0.314. The molecule has 2 saturated heterocycles. The number of benzene rings is 2. The predicted molar refractivity (Wildman–Crippen MR) is 175 cm³/mol. The molecule has 2 aromatic carbocycles. The molecule has 3 atom stereocenters. The number of carbonyl (C=O) groups is 1. The zero-order chi connectivity index (χ0) is 31.9. The van der Waals surface area contributed by atoms with E-state index in [1.165, 1.54) is 0 Å². The highest BCUT2D eigenvalue weighted by Crippen LogP contribution is 2.44. The lowest BCUT2D eigenvalue weighted by Crippen LogP contribution is -2.31. The lowest BCUT2D eigenvalue weighted by atomic mass is 10.1. The second kappa shape index (κ2) is 12.3. The molecular formula is C35H35N7O5. The van der Waals surface area contributed by atoms with Crippen molar-refractivity contribution in [3.63, 3.8) is 0 Å². The van der Waals surface area contributed by atoms with Crippen molar-refractivity contribution >= 4 is 28.7 Å². The highest BCUT2D eigenvalue weighted by molar-refractivity contribution is 5.94. The number of ether oxygens (including phenoxy) is 4. The molecule has 3 aromatic heterocycles. The van der Waals surface area contributed by atoms with E-state index in [0.717, 1.165) is 39.5 Å². The zero-order valence-electron chi connectivity index (χ0n) is 26.1. The van der Waals surface area contributed by atoms with Crippen molar-refractivity contribution in [2.75, 3.05) is 50.8 Å². The number of amides is 1. The van der Waals surface area contributed by atoms with Crippen LogP contribution in [0.3, 0.4) is 0 Å². The van der Waals surface area contributed by atoms with E-state index in [1.54, 1.807) is 24.0 Å². The number of nitrogens with one attached hydrogen (secondary N) is 2. The van der Waals surface area contributed by atoms with Crippen molar-refractivity contribution in [2.45, 2.75) is 18.9 Å². The Hall–Kier alpha value is -5.04. The molecule has 1 unspecified atom stereocenters. The molecule has 8 rings (SSSR count). The van der Waals surface area contributed by atoms with E-state index in [-0.39, 0.29) is 18.2 Å². The molecule has 3 aliphatic rings. The maximum Gasteiger partial charge on any atom is 0.271 e. The summed E-state index contributed by atoms with van der Waals surface area (Å²) in [7, 11) is 3.66. The molecule has 0 spiro atoms.